The molecule has 0 heterocycles. The van der Waals surface area contributed by atoms with Crippen LogP contribution in [-0.2, 0) is 10.0 Å². The highest BCUT2D eigenvalue weighted by Gasteiger charge is 2.16. The zero-order chi connectivity index (χ0) is 14.9. The summed E-state index contributed by atoms with van der Waals surface area (Å²) in [7, 11) is -3.68. The van der Waals surface area contributed by atoms with Crippen LogP contribution in [0.4, 0.5) is 10.1 Å². The van der Waals surface area contributed by atoms with Crippen molar-refractivity contribution in [3.63, 3.8) is 0 Å². The van der Waals surface area contributed by atoms with Gasteiger partial charge in [-0.3, -0.25) is 4.72 Å². The second-order valence-corrected chi connectivity index (χ2v) is 6.93. The summed E-state index contributed by atoms with van der Waals surface area (Å²) >= 11 is 3.09. The molecule has 0 atom stereocenters. The molecule has 0 saturated carbocycles. The van der Waals surface area contributed by atoms with Crippen LogP contribution in [0.25, 0.3) is 0 Å². The quantitative estimate of drug-likeness (QED) is 0.901. The summed E-state index contributed by atoms with van der Waals surface area (Å²) in [6.07, 6.45) is 0. The fourth-order valence-corrected chi connectivity index (χ4v) is 3.15. The molecule has 1 N–H and O–H groups in total. The Morgan fingerprint density at radius 1 is 1.05 bits per heavy atom. The molecule has 0 aliphatic rings. The smallest absolute Gasteiger partial charge is 0.261 e. The van der Waals surface area contributed by atoms with Gasteiger partial charge < -0.3 is 0 Å². The number of benzene rings is 2. The van der Waals surface area contributed by atoms with Crippen LogP contribution in [0.15, 0.2) is 45.8 Å². The lowest BCUT2D eigenvalue weighted by Crippen LogP contribution is -2.14. The average molecular weight is 358 g/mol. The molecule has 2 aromatic carbocycles. The number of hydrogen-bond donors (Lipinski definition) is 1. The lowest BCUT2D eigenvalue weighted by Gasteiger charge is -2.12. The minimum absolute atomic E-state index is 0.169. The van der Waals surface area contributed by atoms with E-state index in [-0.39, 0.29) is 9.37 Å². The van der Waals surface area contributed by atoms with Crippen LogP contribution in [0, 0.1) is 19.7 Å². The third-order valence-electron chi connectivity index (χ3n) is 2.91. The van der Waals surface area contributed by atoms with Gasteiger partial charge in [-0.2, -0.15) is 0 Å². The number of aryl methyl sites for hydroxylation is 1. The van der Waals surface area contributed by atoms with E-state index in [0.717, 1.165) is 5.56 Å². The van der Waals surface area contributed by atoms with Gasteiger partial charge in [-0.1, -0.05) is 17.7 Å². The van der Waals surface area contributed by atoms with E-state index in [0.29, 0.717) is 11.3 Å². The van der Waals surface area contributed by atoms with Gasteiger partial charge in [-0.05, 0) is 59.6 Å². The molecule has 0 unspecified atom stereocenters. The summed E-state index contributed by atoms with van der Waals surface area (Å²) in [5, 5.41) is 0. The Labute approximate surface area is 126 Å². The fraction of sp³-hybridized carbons (Fsp3) is 0.143. The van der Waals surface area contributed by atoms with Crippen molar-refractivity contribution < 1.29 is 12.8 Å². The molecule has 2 rings (SSSR count). The number of anilines is 1. The van der Waals surface area contributed by atoms with Crippen molar-refractivity contribution >= 4 is 31.6 Å². The Kier molecular flexibility index (Phi) is 4.15. The van der Waals surface area contributed by atoms with Gasteiger partial charge in [0.1, 0.15) is 5.82 Å². The van der Waals surface area contributed by atoms with Gasteiger partial charge in [0, 0.05) is 0 Å². The van der Waals surface area contributed by atoms with Crippen molar-refractivity contribution in [2.45, 2.75) is 18.7 Å². The summed E-state index contributed by atoms with van der Waals surface area (Å²) in [6, 6.07) is 9.13. The standard InChI is InChI=1S/C14H13BrFNO2S/c1-9-3-5-11(6-4-9)20(18,19)17-13-8-7-12(16)14(15)10(13)2/h3-8,17H,1-2H3. The van der Waals surface area contributed by atoms with Crippen LogP contribution in [-0.4, -0.2) is 8.42 Å². The van der Waals surface area contributed by atoms with Gasteiger partial charge in [0.15, 0.2) is 0 Å². The maximum atomic E-state index is 13.3. The van der Waals surface area contributed by atoms with Gasteiger partial charge in [0.25, 0.3) is 10.0 Å². The SMILES string of the molecule is Cc1ccc(S(=O)(=O)Nc2ccc(F)c(Br)c2C)cc1. The molecular weight excluding hydrogens is 345 g/mol. The first-order valence-corrected chi connectivity index (χ1v) is 8.13. The number of sulfonamides is 1. The second-order valence-electron chi connectivity index (χ2n) is 4.45. The number of hydrogen-bond acceptors (Lipinski definition) is 2. The highest BCUT2D eigenvalue weighted by atomic mass is 79.9. The molecule has 0 aromatic heterocycles. The molecule has 3 nitrogen and oxygen atoms in total. The maximum Gasteiger partial charge on any atom is 0.261 e. The van der Waals surface area contributed by atoms with Crippen LogP contribution >= 0.6 is 15.9 Å². The molecule has 0 saturated heterocycles. The van der Waals surface area contributed by atoms with E-state index >= 15 is 0 Å². The molecule has 0 fully saturated rings. The van der Waals surface area contributed by atoms with E-state index in [1.54, 1.807) is 19.1 Å². The Morgan fingerprint density at radius 2 is 1.65 bits per heavy atom. The van der Waals surface area contributed by atoms with Crippen molar-refractivity contribution in [1.29, 1.82) is 0 Å². The van der Waals surface area contributed by atoms with Crippen molar-refractivity contribution in [3.8, 4) is 0 Å². The zero-order valence-electron chi connectivity index (χ0n) is 10.9. The first-order chi connectivity index (χ1) is 9.31. The van der Waals surface area contributed by atoms with E-state index < -0.39 is 15.8 Å². The zero-order valence-corrected chi connectivity index (χ0v) is 13.3. The van der Waals surface area contributed by atoms with Gasteiger partial charge in [0.05, 0.1) is 15.1 Å². The summed E-state index contributed by atoms with van der Waals surface area (Å²) in [6.45, 7) is 3.52. The largest absolute Gasteiger partial charge is 0.279 e. The van der Waals surface area contributed by atoms with Crippen LogP contribution in [0.5, 0.6) is 0 Å². The molecule has 20 heavy (non-hydrogen) atoms. The third-order valence-corrected chi connectivity index (χ3v) is 5.27. The lowest BCUT2D eigenvalue weighted by atomic mass is 10.2. The molecule has 2 aromatic rings. The van der Waals surface area contributed by atoms with Crippen LogP contribution < -0.4 is 4.72 Å². The number of rotatable bonds is 3. The number of halogens is 2. The van der Waals surface area contributed by atoms with Crippen molar-refractivity contribution in [2.24, 2.45) is 0 Å². The Hall–Kier alpha value is -1.40. The lowest BCUT2D eigenvalue weighted by molar-refractivity contribution is 0.600. The summed E-state index contributed by atoms with van der Waals surface area (Å²) < 4.78 is 40.5. The van der Waals surface area contributed by atoms with E-state index in [4.69, 9.17) is 0 Å². The predicted octanol–water partition coefficient (Wildman–Crippen LogP) is 4.01. The van der Waals surface area contributed by atoms with Crippen molar-refractivity contribution in [3.05, 3.63) is 57.8 Å². The van der Waals surface area contributed by atoms with E-state index in [2.05, 4.69) is 20.7 Å². The molecule has 0 amide bonds. The Morgan fingerprint density at radius 3 is 2.25 bits per heavy atom. The molecule has 0 aliphatic heterocycles. The van der Waals surface area contributed by atoms with Crippen LogP contribution in [0.2, 0.25) is 0 Å². The van der Waals surface area contributed by atoms with Gasteiger partial charge >= 0.3 is 0 Å². The monoisotopic (exact) mass is 357 g/mol. The highest BCUT2D eigenvalue weighted by molar-refractivity contribution is 9.10. The van der Waals surface area contributed by atoms with E-state index in [1.807, 2.05) is 6.92 Å². The second kappa shape index (κ2) is 5.54. The van der Waals surface area contributed by atoms with E-state index in [9.17, 15) is 12.8 Å². The van der Waals surface area contributed by atoms with Gasteiger partial charge in [-0.25, -0.2) is 12.8 Å². The highest BCUT2D eigenvalue weighted by Crippen LogP contribution is 2.28. The fourth-order valence-electron chi connectivity index (χ4n) is 1.68. The minimum Gasteiger partial charge on any atom is -0.279 e. The first kappa shape index (κ1) is 15.0. The predicted molar refractivity (Wildman–Crippen MR) is 80.8 cm³/mol. The van der Waals surface area contributed by atoms with Crippen molar-refractivity contribution in [2.75, 3.05) is 4.72 Å². The van der Waals surface area contributed by atoms with Crippen LogP contribution in [0.1, 0.15) is 11.1 Å². The summed E-state index contributed by atoms with van der Waals surface area (Å²) in [5.74, 6) is -0.430. The molecule has 0 radical (unpaired) electrons. The molecular formula is C14H13BrFNO2S. The molecule has 0 spiro atoms. The Bertz CT molecular complexity index is 743. The Balaban J connectivity index is 2.38. The number of nitrogens with one attached hydrogen (secondary N) is 1. The topological polar surface area (TPSA) is 46.2 Å². The molecule has 0 aliphatic carbocycles. The minimum atomic E-state index is -3.68. The van der Waals surface area contributed by atoms with Gasteiger partial charge in [-0.15, -0.1) is 0 Å². The molecule has 0 bridgehead atoms. The van der Waals surface area contributed by atoms with Crippen molar-refractivity contribution in [1.82, 2.24) is 0 Å². The summed E-state index contributed by atoms with van der Waals surface area (Å²) in [4.78, 5) is 0.169. The average Bonchev–Trinajstić information content (AvgIpc) is 2.40. The van der Waals surface area contributed by atoms with E-state index in [1.165, 1.54) is 24.3 Å². The molecule has 106 valence electrons. The molecule has 6 heteroatoms. The van der Waals surface area contributed by atoms with Gasteiger partial charge in [0.2, 0.25) is 0 Å². The first-order valence-electron chi connectivity index (χ1n) is 5.85. The maximum absolute atomic E-state index is 13.3. The third kappa shape index (κ3) is 3.02. The van der Waals surface area contributed by atoms with Crippen LogP contribution in [0.3, 0.4) is 0 Å². The normalized spacial score (nSPS) is 11.4. The summed E-state index contributed by atoms with van der Waals surface area (Å²) in [5.41, 5.74) is 1.82.